The molecule has 0 atom stereocenters. The fraction of sp³-hybridized carbons (Fsp3) is 0.0870. The van der Waals surface area contributed by atoms with Crippen LogP contribution in [-0.4, -0.2) is 30.9 Å². The quantitative estimate of drug-likeness (QED) is 0.556. The van der Waals surface area contributed by atoms with Crippen molar-refractivity contribution in [2.45, 2.75) is 12.8 Å². The second kappa shape index (κ2) is 6.60. The normalized spacial score (nSPS) is 12.3. The second-order valence-electron chi connectivity index (χ2n) is 7.00. The summed E-state index contributed by atoms with van der Waals surface area (Å²) in [4.78, 5) is 11.6. The second-order valence-corrected chi connectivity index (χ2v) is 7.00. The van der Waals surface area contributed by atoms with Crippen LogP contribution < -0.4 is 0 Å². The first-order chi connectivity index (χ1) is 14.1. The van der Waals surface area contributed by atoms with E-state index in [1.54, 1.807) is 12.3 Å². The molecule has 6 nitrogen and oxygen atoms in total. The predicted molar refractivity (Wildman–Crippen MR) is 108 cm³/mol. The van der Waals surface area contributed by atoms with E-state index >= 15 is 0 Å². The van der Waals surface area contributed by atoms with Crippen LogP contribution in [0.5, 0.6) is 5.75 Å². The summed E-state index contributed by atoms with van der Waals surface area (Å²) in [6.45, 7) is 0. The lowest BCUT2D eigenvalue weighted by atomic mass is 9.94. The molecule has 1 aliphatic carbocycles. The van der Waals surface area contributed by atoms with Crippen molar-refractivity contribution in [1.29, 1.82) is 0 Å². The van der Waals surface area contributed by atoms with E-state index in [-0.39, 0.29) is 11.3 Å². The van der Waals surface area contributed by atoms with Crippen molar-refractivity contribution >= 4 is 5.97 Å². The molecule has 2 heterocycles. The fourth-order valence-corrected chi connectivity index (χ4v) is 3.99. The molecule has 142 valence electrons. The molecule has 0 spiro atoms. The van der Waals surface area contributed by atoms with E-state index in [1.165, 1.54) is 12.1 Å². The van der Waals surface area contributed by atoms with E-state index in [0.717, 1.165) is 46.6 Å². The molecule has 29 heavy (non-hydrogen) atoms. The molecule has 0 radical (unpaired) electrons. The average molecular weight is 383 g/mol. The number of aromatic hydroxyl groups is 1. The van der Waals surface area contributed by atoms with Gasteiger partial charge in [-0.2, -0.15) is 10.2 Å². The van der Waals surface area contributed by atoms with Crippen LogP contribution in [0.2, 0.25) is 0 Å². The molecule has 0 aliphatic heterocycles. The number of aromatic nitrogens is 3. The maximum atomic E-state index is 11.6. The number of carbonyl (C=O) groups is 1. The van der Waals surface area contributed by atoms with Gasteiger partial charge in [0.15, 0.2) is 0 Å². The van der Waals surface area contributed by atoms with E-state index in [0.29, 0.717) is 5.69 Å². The number of hydrogen-bond donors (Lipinski definition) is 2. The van der Waals surface area contributed by atoms with Gasteiger partial charge in [-0.3, -0.25) is 0 Å². The molecule has 0 fully saturated rings. The van der Waals surface area contributed by atoms with Crippen LogP contribution in [0.3, 0.4) is 0 Å². The highest BCUT2D eigenvalue weighted by atomic mass is 16.4. The Morgan fingerprint density at radius 1 is 1.00 bits per heavy atom. The van der Waals surface area contributed by atoms with Crippen LogP contribution in [0.15, 0.2) is 66.9 Å². The Balaban J connectivity index is 1.81. The van der Waals surface area contributed by atoms with Gasteiger partial charge >= 0.3 is 5.97 Å². The highest BCUT2D eigenvalue weighted by Gasteiger charge is 2.26. The maximum absolute atomic E-state index is 11.6. The van der Waals surface area contributed by atoms with Crippen molar-refractivity contribution in [3.05, 3.63) is 83.7 Å². The first-order valence-corrected chi connectivity index (χ1v) is 9.31. The Bertz CT molecular complexity index is 1250. The summed E-state index contributed by atoms with van der Waals surface area (Å²) in [5.41, 5.74) is 6.59. The number of rotatable bonds is 3. The molecule has 2 N–H and O–H groups in total. The van der Waals surface area contributed by atoms with Crippen LogP contribution in [0.25, 0.3) is 28.2 Å². The fourth-order valence-electron chi connectivity index (χ4n) is 3.99. The zero-order chi connectivity index (χ0) is 20.0. The summed E-state index contributed by atoms with van der Waals surface area (Å²) < 4.78 is 2.06. The van der Waals surface area contributed by atoms with Crippen LogP contribution in [0.4, 0.5) is 0 Å². The number of aryl methyl sites for hydroxylation is 1. The Hall–Kier alpha value is -3.93. The van der Waals surface area contributed by atoms with E-state index in [9.17, 15) is 15.0 Å². The number of benzene rings is 2. The van der Waals surface area contributed by atoms with Gasteiger partial charge in [0.25, 0.3) is 0 Å². The average Bonchev–Trinajstić information content (AvgIpc) is 3.15. The molecular formula is C23H17N3O3. The smallest absolute Gasteiger partial charge is 0.339 e. The number of aromatic carboxylic acids is 1. The molecule has 0 saturated heterocycles. The molecule has 0 unspecified atom stereocenters. The van der Waals surface area contributed by atoms with E-state index < -0.39 is 5.97 Å². The van der Waals surface area contributed by atoms with Gasteiger partial charge in [-0.25, -0.2) is 4.79 Å². The molecule has 2 aromatic carbocycles. The summed E-state index contributed by atoms with van der Waals surface area (Å²) in [6.07, 6.45) is 3.34. The number of phenols is 1. The Labute approximate surface area is 166 Å². The molecule has 4 aromatic rings. The summed E-state index contributed by atoms with van der Waals surface area (Å²) in [5, 5.41) is 27.8. The minimum absolute atomic E-state index is 0.125. The lowest BCUT2D eigenvalue weighted by molar-refractivity contribution is 0.0693. The highest BCUT2D eigenvalue weighted by molar-refractivity contribution is 5.91. The van der Waals surface area contributed by atoms with Crippen LogP contribution >= 0.6 is 0 Å². The van der Waals surface area contributed by atoms with Crippen molar-refractivity contribution in [1.82, 2.24) is 14.8 Å². The lowest BCUT2D eigenvalue weighted by Gasteiger charge is -2.19. The standard InChI is InChI=1S/C23H17N3O3/c27-21-9-7-16(12-18(21)23(28)29)26-19-8-6-15-10-11-24-25-22(15)17(19)13-20(26)14-4-2-1-3-5-14/h1-5,7,9-13,27H,6,8H2,(H,28,29). The van der Waals surface area contributed by atoms with Crippen molar-refractivity contribution in [2.24, 2.45) is 0 Å². The van der Waals surface area contributed by atoms with Gasteiger partial charge in [-0.05, 0) is 54.3 Å². The van der Waals surface area contributed by atoms with Gasteiger partial charge in [0, 0.05) is 23.1 Å². The lowest BCUT2D eigenvalue weighted by Crippen LogP contribution is -2.10. The van der Waals surface area contributed by atoms with Crippen molar-refractivity contribution in [2.75, 3.05) is 0 Å². The van der Waals surface area contributed by atoms with Crippen molar-refractivity contribution in [3.8, 4) is 34.0 Å². The van der Waals surface area contributed by atoms with Gasteiger partial charge in [0.1, 0.15) is 11.3 Å². The zero-order valence-electron chi connectivity index (χ0n) is 15.4. The summed E-state index contributed by atoms with van der Waals surface area (Å²) in [7, 11) is 0. The molecule has 2 aromatic heterocycles. The molecule has 0 bridgehead atoms. The monoisotopic (exact) mass is 383 g/mol. The Morgan fingerprint density at radius 3 is 2.62 bits per heavy atom. The third-order valence-corrected chi connectivity index (χ3v) is 5.33. The molecule has 1 aliphatic rings. The minimum atomic E-state index is -1.16. The van der Waals surface area contributed by atoms with E-state index in [2.05, 4.69) is 20.8 Å². The largest absolute Gasteiger partial charge is 0.507 e. The molecular weight excluding hydrogens is 366 g/mol. The number of carboxylic acid groups (broad SMARTS) is 1. The van der Waals surface area contributed by atoms with Gasteiger partial charge in [-0.1, -0.05) is 30.3 Å². The van der Waals surface area contributed by atoms with Crippen LogP contribution in [-0.2, 0) is 12.8 Å². The minimum Gasteiger partial charge on any atom is -0.507 e. The summed E-state index contributed by atoms with van der Waals surface area (Å²) in [5.74, 6) is -1.41. The Morgan fingerprint density at radius 2 is 1.83 bits per heavy atom. The highest BCUT2D eigenvalue weighted by Crippen LogP contribution is 2.39. The topological polar surface area (TPSA) is 88.2 Å². The summed E-state index contributed by atoms with van der Waals surface area (Å²) in [6, 6.07) is 18.7. The first kappa shape index (κ1) is 17.2. The zero-order valence-corrected chi connectivity index (χ0v) is 15.4. The SMILES string of the molecule is O=C(O)c1cc(-n2c(-c3ccccc3)cc3c2CCc2ccnnc2-3)ccc1O. The van der Waals surface area contributed by atoms with Gasteiger partial charge in [-0.15, -0.1) is 0 Å². The predicted octanol–water partition coefficient (Wildman–Crippen LogP) is 4.10. The number of carboxylic acids is 1. The van der Waals surface area contributed by atoms with Crippen molar-refractivity contribution in [3.63, 3.8) is 0 Å². The van der Waals surface area contributed by atoms with Gasteiger partial charge in [0.2, 0.25) is 0 Å². The third kappa shape index (κ3) is 2.77. The first-order valence-electron chi connectivity index (χ1n) is 9.31. The van der Waals surface area contributed by atoms with E-state index in [1.807, 2.05) is 36.4 Å². The van der Waals surface area contributed by atoms with Gasteiger partial charge < -0.3 is 14.8 Å². The molecule has 0 saturated carbocycles. The van der Waals surface area contributed by atoms with Gasteiger partial charge in [0.05, 0.1) is 11.4 Å². The third-order valence-electron chi connectivity index (χ3n) is 5.33. The molecule has 6 heteroatoms. The van der Waals surface area contributed by atoms with Crippen molar-refractivity contribution < 1.29 is 15.0 Å². The van der Waals surface area contributed by atoms with Crippen LogP contribution in [0.1, 0.15) is 21.6 Å². The molecule has 5 rings (SSSR count). The molecule has 0 amide bonds. The maximum Gasteiger partial charge on any atom is 0.339 e. The van der Waals surface area contributed by atoms with Crippen LogP contribution in [0, 0.1) is 0 Å². The number of nitrogens with zero attached hydrogens (tertiary/aromatic N) is 3. The van der Waals surface area contributed by atoms with E-state index in [4.69, 9.17) is 0 Å². The number of fused-ring (bicyclic) bond motifs is 3. The number of hydrogen-bond acceptors (Lipinski definition) is 4. The summed E-state index contributed by atoms with van der Waals surface area (Å²) >= 11 is 0. The Kier molecular flexibility index (Phi) is 3.91.